The molecule has 1 fully saturated rings. The average Bonchev–Trinajstić information content (AvgIpc) is 1.76. The maximum absolute atomic E-state index is 9.22. The SMILES string of the molecule is [Ca+2].[O-]C1([O-])OO1. The molecule has 1 rings (SSSR count). The Morgan fingerprint density at radius 2 is 1.33 bits per heavy atom. The second-order valence-corrected chi connectivity index (χ2v) is 0.667. The zero-order valence-corrected chi connectivity index (χ0v) is 5.05. The Balaban J connectivity index is 0.000000250. The topological polar surface area (TPSA) is 71.2 Å². The molecule has 4 nitrogen and oxygen atoms in total. The molecule has 0 aliphatic carbocycles. The molecule has 0 saturated carbocycles. The van der Waals surface area contributed by atoms with Gasteiger partial charge in [0.15, 0.2) is 0 Å². The van der Waals surface area contributed by atoms with E-state index in [1.807, 2.05) is 0 Å². The molecule has 0 bridgehead atoms. The maximum Gasteiger partial charge on any atom is 2.00 e. The van der Waals surface area contributed by atoms with Crippen LogP contribution in [-0.4, -0.2) is 43.9 Å². The molecular weight excluding hydrogens is 116 g/mol. The zero-order chi connectivity index (χ0) is 3.91. The van der Waals surface area contributed by atoms with Gasteiger partial charge in [-0.3, -0.25) is 0 Å². The molecule has 6 heavy (non-hydrogen) atoms. The first-order valence-electron chi connectivity index (χ1n) is 0.983. The predicted octanol–water partition coefficient (Wildman–Crippen LogP) is -3.10. The van der Waals surface area contributed by atoms with Crippen LogP contribution in [0, 0.1) is 0 Å². The first kappa shape index (κ1) is 7.10. The third-order valence-corrected chi connectivity index (χ3v) is 0.219. The number of rotatable bonds is 0. The average molecular weight is 116 g/mol. The third kappa shape index (κ3) is 2.30. The summed E-state index contributed by atoms with van der Waals surface area (Å²) in [5, 5.41) is 18.4. The molecule has 0 aromatic carbocycles. The molecule has 0 spiro atoms. The van der Waals surface area contributed by atoms with Crippen LogP contribution in [0.3, 0.4) is 0 Å². The molecular formula is CCaO4. The molecule has 0 unspecified atom stereocenters. The normalized spacial score (nSPS) is 25.0. The van der Waals surface area contributed by atoms with Gasteiger partial charge in [-0.1, -0.05) is 0 Å². The van der Waals surface area contributed by atoms with Gasteiger partial charge in [-0.05, 0) is 0 Å². The summed E-state index contributed by atoms with van der Waals surface area (Å²) < 4.78 is 0. The minimum Gasteiger partial charge on any atom is -0.815 e. The van der Waals surface area contributed by atoms with Gasteiger partial charge in [0.2, 0.25) is 0 Å². The van der Waals surface area contributed by atoms with E-state index in [-0.39, 0.29) is 37.7 Å². The van der Waals surface area contributed by atoms with E-state index >= 15 is 0 Å². The Kier molecular flexibility index (Phi) is 2.27. The van der Waals surface area contributed by atoms with Gasteiger partial charge < -0.3 is 10.2 Å². The standard InChI is InChI=1S/CO4.Ca/c2-1(3)4-5-1;/q-2;+2. The fourth-order valence-electron chi connectivity index (χ4n) is 0.0340. The summed E-state index contributed by atoms with van der Waals surface area (Å²) in [4.78, 5) is 6.57. The number of hydrogen-bond acceptors (Lipinski definition) is 4. The molecule has 0 atom stereocenters. The maximum atomic E-state index is 9.22. The molecule has 1 heterocycles. The van der Waals surface area contributed by atoms with Crippen molar-refractivity contribution in [2.75, 3.05) is 0 Å². The van der Waals surface area contributed by atoms with Gasteiger partial charge in [0.05, 0.1) is 6.16 Å². The van der Waals surface area contributed by atoms with Crippen LogP contribution in [-0.2, 0) is 9.78 Å². The fourth-order valence-corrected chi connectivity index (χ4v) is 0.0340. The van der Waals surface area contributed by atoms with Crippen LogP contribution in [0.25, 0.3) is 0 Å². The summed E-state index contributed by atoms with van der Waals surface area (Å²) >= 11 is 0. The van der Waals surface area contributed by atoms with E-state index in [9.17, 15) is 10.2 Å². The Labute approximate surface area is 63.6 Å². The monoisotopic (exact) mass is 116 g/mol. The summed E-state index contributed by atoms with van der Waals surface area (Å²) in [5.41, 5.74) is 0. The largest absolute Gasteiger partial charge is 2.00 e. The van der Waals surface area contributed by atoms with Gasteiger partial charge >= 0.3 is 37.7 Å². The molecule has 0 amide bonds. The van der Waals surface area contributed by atoms with Crippen molar-refractivity contribution in [2.45, 2.75) is 6.16 Å². The second kappa shape index (κ2) is 1.92. The van der Waals surface area contributed by atoms with Crippen molar-refractivity contribution in [1.82, 2.24) is 0 Å². The molecule has 0 radical (unpaired) electrons. The van der Waals surface area contributed by atoms with Gasteiger partial charge in [0.25, 0.3) is 0 Å². The van der Waals surface area contributed by atoms with Crippen molar-refractivity contribution >= 4 is 37.7 Å². The van der Waals surface area contributed by atoms with Crippen LogP contribution in [0.5, 0.6) is 0 Å². The summed E-state index contributed by atoms with van der Waals surface area (Å²) in [6.07, 6.45) is -2.75. The Hall–Kier alpha value is 1.10. The third-order valence-electron chi connectivity index (χ3n) is 0.219. The van der Waals surface area contributed by atoms with Crippen LogP contribution in [0.2, 0.25) is 0 Å². The minimum absolute atomic E-state index is 0. The molecule has 30 valence electrons. The van der Waals surface area contributed by atoms with Crippen molar-refractivity contribution < 1.29 is 20.0 Å². The predicted molar refractivity (Wildman–Crippen MR) is 10.7 cm³/mol. The summed E-state index contributed by atoms with van der Waals surface area (Å²) in [7, 11) is 0. The molecule has 0 N–H and O–H groups in total. The van der Waals surface area contributed by atoms with Crippen molar-refractivity contribution in [3.05, 3.63) is 0 Å². The zero-order valence-electron chi connectivity index (χ0n) is 2.84. The van der Waals surface area contributed by atoms with Crippen molar-refractivity contribution in [2.24, 2.45) is 0 Å². The van der Waals surface area contributed by atoms with Gasteiger partial charge in [-0.2, -0.15) is 0 Å². The first-order chi connectivity index (χ1) is 2.21. The Morgan fingerprint density at radius 3 is 1.33 bits per heavy atom. The van der Waals surface area contributed by atoms with E-state index < -0.39 is 6.16 Å². The smallest absolute Gasteiger partial charge is 0.815 e. The van der Waals surface area contributed by atoms with Crippen LogP contribution in [0.15, 0.2) is 0 Å². The van der Waals surface area contributed by atoms with Crippen LogP contribution in [0.4, 0.5) is 0 Å². The Morgan fingerprint density at radius 1 is 1.17 bits per heavy atom. The van der Waals surface area contributed by atoms with Crippen molar-refractivity contribution in [1.29, 1.82) is 0 Å². The molecule has 0 aromatic heterocycles. The molecule has 1 aliphatic rings. The van der Waals surface area contributed by atoms with E-state index in [1.54, 1.807) is 0 Å². The van der Waals surface area contributed by atoms with E-state index in [2.05, 4.69) is 9.78 Å². The summed E-state index contributed by atoms with van der Waals surface area (Å²) in [6.45, 7) is 0. The second-order valence-electron chi connectivity index (χ2n) is 0.667. The van der Waals surface area contributed by atoms with E-state index in [0.717, 1.165) is 0 Å². The first-order valence-corrected chi connectivity index (χ1v) is 0.983. The number of hydrogen-bond donors (Lipinski definition) is 0. The van der Waals surface area contributed by atoms with Crippen LogP contribution in [0.1, 0.15) is 0 Å². The minimum atomic E-state index is -2.75. The van der Waals surface area contributed by atoms with Crippen molar-refractivity contribution in [3.63, 3.8) is 0 Å². The molecule has 1 aliphatic heterocycles. The van der Waals surface area contributed by atoms with Gasteiger partial charge in [-0.15, -0.1) is 0 Å². The summed E-state index contributed by atoms with van der Waals surface area (Å²) in [6, 6.07) is 0. The van der Waals surface area contributed by atoms with Crippen molar-refractivity contribution in [3.8, 4) is 0 Å². The molecule has 0 aromatic rings. The van der Waals surface area contributed by atoms with Crippen LogP contribution >= 0.6 is 0 Å². The van der Waals surface area contributed by atoms with Gasteiger partial charge in [0.1, 0.15) is 0 Å². The molecule has 5 heteroatoms. The van der Waals surface area contributed by atoms with Gasteiger partial charge in [0, 0.05) is 0 Å². The van der Waals surface area contributed by atoms with Gasteiger partial charge in [-0.25, -0.2) is 9.78 Å². The Bertz CT molecular complexity index is 45.5. The van der Waals surface area contributed by atoms with Crippen LogP contribution < -0.4 is 10.2 Å². The summed E-state index contributed by atoms with van der Waals surface area (Å²) in [5.74, 6) is 0. The fraction of sp³-hybridized carbons (Fsp3) is 1.00. The quantitative estimate of drug-likeness (QED) is 0.145. The van der Waals surface area contributed by atoms with E-state index in [1.165, 1.54) is 0 Å². The van der Waals surface area contributed by atoms with E-state index in [0.29, 0.717) is 0 Å². The van der Waals surface area contributed by atoms with E-state index in [4.69, 9.17) is 0 Å². The molecule has 1 saturated heterocycles.